The Bertz CT molecular complexity index is 769. The first-order valence-corrected chi connectivity index (χ1v) is 6.51. The molecule has 0 fully saturated rings. The van der Waals surface area contributed by atoms with Crippen molar-refractivity contribution < 1.29 is 13.6 Å². The molecule has 22 heavy (non-hydrogen) atoms. The molecule has 110 valence electrons. The fraction of sp³-hybridized carbons (Fsp3) is 0.0588. The van der Waals surface area contributed by atoms with E-state index in [0.717, 1.165) is 0 Å². The van der Waals surface area contributed by atoms with E-state index in [1.807, 2.05) is 0 Å². The fourth-order valence-corrected chi connectivity index (χ4v) is 1.79. The van der Waals surface area contributed by atoms with Crippen molar-refractivity contribution in [1.29, 1.82) is 5.26 Å². The largest absolute Gasteiger partial charge is 0.457 e. The van der Waals surface area contributed by atoms with Gasteiger partial charge in [0.2, 0.25) is 0 Å². The summed E-state index contributed by atoms with van der Waals surface area (Å²) in [5.41, 5.74) is 0.216. The molecule has 0 saturated carbocycles. The molecule has 0 aliphatic heterocycles. The zero-order chi connectivity index (χ0) is 15.9. The maximum atomic E-state index is 13.7. The maximum absolute atomic E-state index is 13.7. The first kappa shape index (κ1) is 15.3. The van der Waals surface area contributed by atoms with Crippen molar-refractivity contribution >= 4 is 12.0 Å². The molecule has 4 nitrogen and oxygen atoms in total. The van der Waals surface area contributed by atoms with Crippen molar-refractivity contribution in [2.45, 2.75) is 0 Å². The molecular formula is C17H13FN2O2. The fourth-order valence-electron chi connectivity index (χ4n) is 1.79. The van der Waals surface area contributed by atoms with E-state index >= 15 is 0 Å². The van der Waals surface area contributed by atoms with E-state index in [-0.39, 0.29) is 12.1 Å². The van der Waals surface area contributed by atoms with Gasteiger partial charge in [-0.25, -0.2) is 4.39 Å². The van der Waals surface area contributed by atoms with E-state index in [0.29, 0.717) is 17.1 Å². The van der Waals surface area contributed by atoms with E-state index in [2.05, 4.69) is 11.9 Å². The third-order valence-electron chi connectivity index (χ3n) is 2.82. The molecule has 0 unspecified atom stereocenters. The number of hydrogen-bond donors (Lipinski definition) is 1. The van der Waals surface area contributed by atoms with Crippen LogP contribution in [-0.4, -0.2) is 12.5 Å². The van der Waals surface area contributed by atoms with Crippen molar-refractivity contribution in [2.75, 3.05) is 6.54 Å². The number of amides is 1. The van der Waals surface area contributed by atoms with Gasteiger partial charge in [-0.2, -0.15) is 5.26 Å². The summed E-state index contributed by atoms with van der Waals surface area (Å²) in [6, 6.07) is 11.1. The van der Waals surface area contributed by atoms with Gasteiger partial charge in [0.1, 0.15) is 29.0 Å². The summed E-state index contributed by atoms with van der Waals surface area (Å²) in [6.07, 6.45) is 2.82. The third-order valence-corrected chi connectivity index (χ3v) is 2.82. The number of nitriles is 1. The van der Waals surface area contributed by atoms with E-state index in [4.69, 9.17) is 9.68 Å². The molecule has 1 heterocycles. The normalized spacial score (nSPS) is 10.8. The number of carbonyl (C=O) groups is 1. The molecule has 2 aromatic rings. The second-order valence-corrected chi connectivity index (χ2v) is 4.35. The average Bonchev–Trinajstić information content (AvgIpc) is 2.99. The molecule has 0 aliphatic rings. The van der Waals surface area contributed by atoms with Crippen molar-refractivity contribution in [3.8, 4) is 17.4 Å². The SMILES string of the molecule is C=CCNC(=O)/C(C#N)=C/c1ccc(-c2ccccc2F)o1. The molecule has 0 spiro atoms. The molecule has 1 N–H and O–H groups in total. The van der Waals surface area contributed by atoms with Crippen molar-refractivity contribution in [2.24, 2.45) is 0 Å². The number of rotatable bonds is 5. The molecular weight excluding hydrogens is 283 g/mol. The molecule has 1 aromatic carbocycles. The van der Waals surface area contributed by atoms with Crippen LogP contribution in [0.5, 0.6) is 0 Å². The van der Waals surface area contributed by atoms with Crippen LogP contribution in [0.2, 0.25) is 0 Å². The number of furan rings is 1. The smallest absolute Gasteiger partial charge is 0.262 e. The quantitative estimate of drug-likeness (QED) is 0.523. The standard InChI is InChI=1S/C17H13FN2O2/c1-2-9-20-17(21)12(11-19)10-13-7-8-16(22-13)14-5-3-4-6-15(14)18/h2-8,10H,1,9H2,(H,20,21)/b12-10+. The molecule has 1 amide bonds. The molecule has 0 atom stereocenters. The molecule has 0 radical (unpaired) electrons. The molecule has 0 bridgehead atoms. The summed E-state index contributed by atoms with van der Waals surface area (Å²) in [5, 5.41) is 11.5. The number of benzene rings is 1. The first-order valence-electron chi connectivity index (χ1n) is 6.51. The van der Waals surface area contributed by atoms with Crippen LogP contribution in [0.4, 0.5) is 4.39 Å². The van der Waals surface area contributed by atoms with Gasteiger partial charge in [-0.15, -0.1) is 6.58 Å². The molecule has 1 aromatic heterocycles. The zero-order valence-corrected chi connectivity index (χ0v) is 11.7. The van der Waals surface area contributed by atoms with Gasteiger partial charge in [0.05, 0.1) is 5.56 Å². The minimum atomic E-state index is -0.522. The van der Waals surface area contributed by atoms with Crippen LogP contribution >= 0.6 is 0 Å². The molecule has 2 rings (SSSR count). The highest BCUT2D eigenvalue weighted by Gasteiger charge is 2.11. The van der Waals surface area contributed by atoms with Crippen LogP contribution < -0.4 is 5.32 Å². The van der Waals surface area contributed by atoms with Crippen molar-refractivity contribution in [3.63, 3.8) is 0 Å². The first-order chi connectivity index (χ1) is 10.7. The van der Waals surface area contributed by atoms with Crippen molar-refractivity contribution in [1.82, 2.24) is 5.32 Å². The van der Waals surface area contributed by atoms with Crippen LogP contribution in [-0.2, 0) is 4.79 Å². The van der Waals surface area contributed by atoms with Gasteiger partial charge in [-0.1, -0.05) is 18.2 Å². The highest BCUT2D eigenvalue weighted by molar-refractivity contribution is 6.01. The van der Waals surface area contributed by atoms with Gasteiger partial charge in [0, 0.05) is 12.6 Å². The van der Waals surface area contributed by atoms with Gasteiger partial charge in [0.25, 0.3) is 5.91 Å². The van der Waals surface area contributed by atoms with E-state index in [9.17, 15) is 9.18 Å². The Kier molecular flexibility index (Phi) is 4.89. The minimum Gasteiger partial charge on any atom is -0.457 e. The van der Waals surface area contributed by atoms with E-state index in [1.165, 1.54) is 18.2 Å². The summed E-state index contributed by atoms with van der Waals surface area (Å²) in [5.74, 6) is -0.306. The van der Waals surface area contributed by atoms with Crippen molar-refractivity contribution in [3.05, 3.63) is 66.2 Å². The maximum Gasteiger partial charge on any atom is 0.262 e. The lowest BCUT2D eigenvalue weighted by atomic mass is 10.1. The monoisotopic (exact) mass is 296 g/mol. The van der Waals surface area contributed by atoms with Crippen LogP contribution in [0.1, 0.15) is 5.76 Å². The van der Waals surface area contributed by atoms with Crippen LogP contribution in [0.25, 0.3) is 17.4 Å². The molecule has 0 aliphatic carbocycles. The molecule has 0 saturated heterocycles. The summed E-state index contributed by atoms with van der Waals surface area (Å²) < 4.78 is 19.1. The minimum absolute atomic E-state index is 0.101. The number of carbonyl (C=O) groups excluding carboxylic acids is 1. The lowest BCUT2D eigenvalue weighted by Crippen LogP contribution is -2.24. The summed E-state index contributed by atoms with van der Waals surface area (Å²) in [7, 11) is 0. The second-order valence-electron chi connectivity index (χ2n) is 4.35. The van der Waals surface area contributed by atoms with Gasteiger partial charge in [0.15, 0.2) is 0 Å². The summed E-state index contributed by atoms with van der Waals surface area (Å²) >= 11 is 0. The predicted molar refractivity (Wildman–Crippen MR) is 80.9 cm³/mol. The zero-order valence-electron chi connectivity index (χ0n) is 11.7. The Morgan fingerprint density at radius 3 is 2.82 bits per heavy atom. The van der Waals surface area contributed by atoms with Gasteiger partial charge >= 0.3 is 0 Å². The van der Waals surface area contributed by atoms with Gasteiger partial charge < -0.3 is 9.73 Å². The van der Waals surface area contributed by atoms with Crippen LogP contribution in [0.15, 0.2) is 59.0 Å². The van der Waals surface area contributed by atoms with Crippen LogP contribution in [0, 0.1) is 17.1 Å². The molecule has 5 heteroatoms. The number of hydrogen-bond acceptors (Lipinski definition) is 3. The predicted octanol–water partition coefficient (Wildman–Crippen LogP) is 3.29. The Hall–Kier alpha value is -3.13. The summed E-state index contributed by atoms with van der Waals surface area (Å²) in [4.78, 5) is 11.7. The Morgan fingerprint density at radius 1 is 1.36 bits per heavy atom. The Morgan fingerprint density at radius 2 is 2.14 bits per heavy atom. The average molecular weight is 296 g/mol. The van der Waals surface area contributed by atoms with E-state index < -0.39 is 11.7 Å². The highest BCUT2D eigenvalue weighted by atomic mass is 19.1. The van der Waals surface area contributed by atoms with Gasteiger partial charge in [-0.3, -0.25) is 4.79 Å². The summed E-state index contributed by atoms with van der Waals surface area (Å²) in [6.45, 7) is 3.74. The Balaban J connectivity index is 2.26. The van der Waals surface area contributed by atoms with Gasteiger partial charge in [-0.05, 0) is 24.3 Å². The van der Waals surface area contributed by atoms with E-state index in [1.54, 1.807) is 36.4 Å². The third kappa shape index (κ3) is 3.49. The highest BCUT2D eigenvalue weighted by Crippen LogP contribution is 2.25. The number of nitrogens with one attached hydrogen (secondary N) is 1. The second kappa shape index (κ2) is 7.04. The lowest BCUT2D eigenvalue weighted by molar-refractivity contribution is -0.116. The lowest BCUT2D eigenvalue weighted by Gasteiger charge is -2.00. The van der Waals surface area contributed by atoms with Crippen LogP contribution in [0.3, 0.4) is 0 Å². The Labute approximate surface area is 127 Å². The topological polar surface area (TPSA) is 66.0 Å². The number of nitrogens with zero attached hydrogens (tertiary/aromatic N) is 1. The number of halogens is 1.